The van der Waals surface area contributed by atoms with Gasteiger partial charge in [-0.1, -0.05) is 18.2 Å². The summed E-state index contributed by atoms with van der Waals surface area (Å²) in [6, 6.07) is 8.91. The van der Waals surface area contributed by atoms with Gasteiger partial charge in [-0.05, 0) is 50.5 Å². The van der Waals surface area contributed by atoms with E-state index in [0.717, 1.165) is 18.9 Å². The van der Waals surface area contributed by atoms with Crippen LogP contribution in [0.5, 0.6) is 0 Å². The van der Waals surface area contributed by atoms with Gasteiger partial charge in [0.15, 0.2) is 5.96 Å². The van der Waals surface area contributed by atoms with Crippen LogP contribution in [0.4, 0.5) is 13.2 Å². The van der Waals surface area contributed by atoms with E-state index in [-0.39, 0.29) is 35.9 Å². The number of hydrogen-bond donors (Lipinski definition) is 3. The Hall–Kier alpha value is -1.75. The highest BCUT2D eigenvalue weighted by Crippen LogP contribution is 2.48. The van der Waals surface area contributed by atoms with Crippen LogP contribution < -0.4 is 10.6 Å². The maximum absolute atomic E-state index is 13.0. The third kappa shape index (κ3) is 5.90. The molecule has 0 amide bonds. The number of nitrogens with one attached hydrogen (secondary N) is 2. The Bertz CT molecular complexity index is 847. The molecule has 3 rings (SSSR count). The first-order valence-electron chi connectivity index (χ1n) is 9.63. The predicted octanol–water partition coefficient (Wildman–Crippen LogP) is 4.41. The van der Waals surface area contributed by atoms with Gasteiger partial charge in [0, 0.05) is 18.5 Å². The van der Waals surface area contributed by atoms with Crippen molar-refractivity contribution in [3.05, 3.63) is 59.5 Å². The molecule has 1 aromatic heterocycles. The lowest BCUT2D eigenvalue weighted by molar-refractivity contribution is -0.137. The monoisotopic (exact) mass is 537 g/mol. The molecule has 3 N–H and O–H groups in total. The Kier molecular flexibility index (Phi) is 7.84. The fraction of sp³-hybridized carbons (Fsp3) is 0.476. The minimum Gasteiger partial charge on any atom is -0.466 e. The normalized spacial score (nSPS) is 17.6. The second-order valence-corrected chi connectivity index (χ2v) is 7.66. The zero-order chi connectivity index (χ0) is 21.1. The Balaban J connectivity index is 0.00000320. The Morgan fingerprint density at radius 3 is 2.50 bits per heavy atom. The minimum absolute atomic E-state index is 0. The molecular formula is C21H27F3IN3O2. The van der Waals surface area contributed by atoms with Crippen LogP contribution in [0.25, 0.3) is 0 Å². The number of aliphatic hydroxyl groups is 1. The topological polar surface area (TPSA) is 69.8 Å². The number of rotatable bonds is 7. The number of alkyl halides is 3. The molecule has 0 radical (unpaired) electrons. The first kappa shape index (κ1) is 24.5. The van der Waals surface area contributed by atoms with Gasteiger partial charge in [-0.15, -0.1) is 24.0 Å². The molecule has 1 saturated carbocycles. The van der Waals surface area contributed by atoms with Crippen molar-refractivity contribution in [2.24, 2.45) is 4.99 Å². The summed E-state index contributed by atoms with van der Waals surface area (Å²) in [5.41, 5.74) is -1.54. The van der Waals surface area contributed by atoms with Crippen LogP contribution in [-0.2, 0) is 17.2 Å². The molecule has 9 heteroatoms. The lowest BCUT2D eigenvalue weighted by atomic mass is 9.94. The first-order chi connectivity index (χ1) is 13.7. The van der Waals surface area contributed by atoms with E-state index < -0.39 is 17.3 Å². The van der Waals surface area contributed by atoms with E-state index in [2.05, 4.69) is 15.6 Å². The summed E-state index contributed by atoms with van der Waals surface area (Å²) in [5.74, 6) is 0.914. The van der Waals surface area contributed by atoms with Crippen LogP contribution in [0.1, 0.15) is 43.6 Å². The smallest absolute Gasteiger partial charge is 0.416 e. The summed E-state index contributed by atoms with van der Waals surface area (Å²) in [6.07, 6.45) is -1.24. The molecule has 0 bridgehead atoms. The Morgan fingerprint density at radius 1 is 1.20 bits per heavy atom. The van der Waals surface area contributed by atoms with Gasteiger partial charge in [0.2, 0.25) is 0 Å². The summed E-state index contributed by atoms with van der Waals surface area (Å²) < 4.78 is 44.4. The molecule has 30 heavy (non-hydrogen) atoms. The maximum atomic E-state index is 13.0. The van der Waals surface area contributed by atoms with E-state index in [1.54, 1.807) is 25.1 Å². The molecule has 0 saturated heterocycles. The van der Waals surface area contributed by atoms with E-state index in [1.165, 1.54) is 18.4 Å². The number of guanidine groups is 1. The van der Waals surface area contributed by atoms with Gasteiger partial charge in [-0.3, -0.25) is 0 Å². The maximum Gasteiger partial charge on any atom is 0.416 e. The van der Waals surface area contributed by atoms with Crippen LogP contribution in [-0.4, -0.2) is 30.7 Å². The van der Waals surface area contributed by atoms with Gasteiger partial charge in [0.1, 0.15) is 11.4 Å². The molecular weight excluding hydrogens is 510 g/mol. The van der Waals surface area contributed by atoms with Crippen molar-refractivity contribution in [1.82, 2.24) is 10.6 Å². The molecule has 5 nitrogen and oxygen atoms in total. The fourth-order valence-electron chi connectivity index (χ4n) is 3.23. The molecule has 1 heterocycles. The summed E-state index contributed by atoms with van der Waals surface area (Å²) in [4.78, 5) is 4.43. The van der Waals surface area contributed by atoms with Crippen molar-refractivity contribution in [3.8, 4) is 0 Å². The van der Waals surface area contributed by atoms with E-state index >= 15 is 0 Å². The lowest BCUT2D eigenvalue weighted by Crippen LogP contribution is -2.42. The van der Waals surface area contributed by atoms with Gasteiger partial charge in [-0.2, -0.15) is 13.2 Å². The molecule has 1 unspecified atom stereocenters. The highest BCUT2D eigenvalue weighted by Gasteiger charge is 2.45. The van der Waals surface area contributed by atoms with E-state index in [1.807, 2.05) is 6.92 Å². The summed E-state index contributed by atoms with van der Waals surface area (Å²) in [6.45, 7) is 4.69. The molecule has 0 spiro atoms. The summed E-state index contributed by atoms with van der Waals surface area (Å²) >= 11 is 0. The fourth-order valence-corrected chi connectivity index (χ4v) is 3.23. The van der Waals surface area contributed by atoms with E-state index in [4.69, 9.17) is 4.42 Å². The number of benzene rings is 1. The molecule has 1 aliphatic carbocycles. The average molecular weight is 537 g/mol. The van der Waals surface area contributed by atoms with Crippen molar-refractivity contribution < 1.29 is 22.7 Å². The molecule has 1 fully saturated rings. The molecule has 166 valence electrons. The average Bonchev–Trinajstić information content (AvgIpc) is 3.25. The van der Waals surface area contributed by atoms with E-state index in [9.17, 15) is 18.3 Å². The second-order valence-electron chi connectivity index (χ2n) is 7.66. The van der Waals surface area contributed by atoms with E-state index in [0.29, 0.717) is 30.4 Å². The standard InChI is InChI=1S/C21H26F3N3O2.HI/c1-3-25-18(26-13-19(2,28)17-8-5-11-29-17)27-14-20(9-10-20)15-6-4-7-16(12-15)21(22,23)24;/h4-8,11-12,28H,3,9-10,13-14H2,1-2H3,(H2,25,26,27);1H. The SMILES string of the molecule is CCNC(=NCC(C)(O)c1ccco1)NCC1(c2cccc(C(F)(F)F)c2)CC1.I. The number of nitrogens with zero attached hydrogens (tertiary/aromatic N) is 1. The van der Waals surface area contributed by atoms with Gasteiger partial charge >= 0.3 is 6.18 Å². The second kappa shape index (κ2) is 9.59. The number of hydrogen-bond acceptors (Lipinski definition) is 3. The zero-order valence-corrected chi connectivity index (χ0v) is 19.3. The third-order valence-corrected chi connectivity index (χ3v) is 5.19. The first-order valence-corrected chi connectivity index (χ1v) is 9.63. The molecule has 1 aromatic carbocycles. The van der Waals surface area contributed by atoms with Crippen molar-refractivity contribution >= 4 is 29.9 Å². The van der Waals surface area contributed by atoms with Crippen molar-refractivity contribution in [2.75, 3.05) is 19.6 Å². The zero-order valence-electron chi connectivity index (χ0n) is 16.9. The number of halogens is 4. The Labute approximate surface area is 191 Å². The highest BCUT2D eigenvalue weighted by atomic mass is 127. The number of aliphatic imine (C=N–C) groups is 1. The van der Waals surface area contributed by atoms with Crippen molar-refractivity contribution in [3.63, 3.8) is 0 Å². The van der Waals surface area contributed by atoms with Gasteiger partial charge in [0.25, 0.3) is 0 Å². The number of furan rings is 1. The van der Waals surface area contributed by atoms with Crippen LogP contribution in [0.15, 0.2) is 52.1 Å². The van der Waals surface area contributed by atoms with Crippen molar-refractivity contribution in [2.45, 2.75) is 43.9 Å². The largest absolute Gasteiger partial charge is 0.466 e. The summed E-state index contributed by atoms with van der Waals surface area (Å²) in [5, 5.41) is 16.9. The Morgan fingerprint density at radius 2 is 1.93 bits per heavy atom. The van der Waals surface area contributed by atoms with Crippen LogP contribution in [0, 0.1) is 0 Å². The molecule has 2 aromatic rings. The molecule has 0 aliphatic heterocycles. The van der Waals surface area contributed by atoms with Crippen LogP contribution >= 0.6 is 24.0 Å². The minimum atomic E-state index is -4.35. The molecule has 1 aliphatic rings. The van der Waals surface area contributed by atoms with Crippen molar-refractivity contribution in [1.29, 1.82) is 0 Å². The third-order valence-electron chi connectivity index (χ3n) is 5.19. The van der Waals surface area contributed by atoms with Gasteiger partial charge in [-0.25, -0.2) is 4.99 Å². The predicted molar refractivity (Wildman–Crippen MR) is 120 cm³/mol. The van der Waals surface area contributed by atoms with Gasteiger partial charge in [0.05, 0.1) is 18.4 Å². The van der Waals surface area contributed by atoms with Crippen LogP contribution in [0.2, 0.25) is 0 Å². The van der Waals surface area contributed by atoms with Gasteiger partial charge < -0.3 is 20.2 Å². The quantitative estimate of drug-likeness (QED) is 0.278. The lowest BCUT2D eigenvalue weighted by Gasteiger charge is -2.22. The molecule has 1 atom stereocenters. The van der Waals surface area contributed by atoms with Crippen LogP contribution in [0.3, 0.4) is 0 Å². The summed E-state index contributed by atoms with van der Waals surface area (Å²) in [7, 11) is 0. The highest BCUT2D eigenvalue weighted by molar-refractivity contribution is 14.0.